The summed E-state index contributed by atoms with van der Waals surface area (Å²) in [7, 11) is 0. The molecule has 0 radical (unpaired) electrons. The number of hydrogen-bond donors (Lipinski definition) is 2. The monoisotopic (exact) mass is 482 g/mol. The van der Waals surface area contributed by atoms with Crippen molar-refractivity contribution < 1.29 is 14.4 Å². The number of nitrogens with one attached hydrogen (secondary N) is 2. The normalized spacial score (nSPS) is 10.7. The molecule has 0 spiro atoms. The zero-order valence-electron chi connectivity index (χ0n) is 20.1. The molecule has 4 aromatic rings. The molecule has 1 heterocycles. The minimum Gasteiger partial charge on any atom is -0.294 e. The van der Waals surface area contributed by atoms with Gasteiger partial charge < -0.3 is 0 Å². The third kappa shape index (κ3) is 5.55. The number of fused-ring (bicyclic) bond motifs is 1. The number of aromatic nitrogens is 2. The number of hydrogen-bond acceptors (Lipinski definition) is 5. The zero-order chi connectivity index (χ0) is 25.7. The topological polar surface area (TPSA) is 110 Å². The Balaban J connectivity index is 1.46. The molecular weight excluding hydrogens is 456 g/mol. The van der Waals surface area contributed by atoms with E-state index in [1.165, 1.54) is 4.68 Å². The minimum atomic E-state index is -0.665. The fourth-order valence-electron chi connectivity index (χ4n) is 3.91. The van der Waals surface area contributed by atoms with Gasteiger partial charge in [0.1, 0.15) is 0 Å². The van der Waals surface area contributed by atoms with Crippen LogP contribution in [0.2, 0.25) is 0 Å². The number of rotatable bonds is 7. The van der Waals surface area contributed by atoms with Crippen molar-refractivity contribution in [1.82, 2.24) is 20.6 Å². The summed E-state index contributed by atoms with van der Waals surface area (Å²) in [6.45, 7) is 3.94. The van der Waals surface area contributed by atoms with Crippen molar-refractivity contribution in [3.8, 4) is 0 Å². The average molecular weight is 483 g/mol. The molecule has 8 heteroatoms. The number of carbonyl (C=O) groups is 3. The molecule has 0 unspecified atom stereocenters. The molecule has 36 heavy (non-hydrogen) atoms. The molecule has 2 amide bonds. The van der Waals surface area contributed by atoms with Gasteiger partial charge in [-0.05, 0) is 37.1 Å². The summed E-state index contributed by atoms with van der Waals surface area (Å²) >= 11 is 0. The van der Waals surface area contributed by atoms with Gasteiger partial charge in [0.25, 0.3) is 11.5 Å². The summed E-state index contributed by atoms with van der Waals surface area (Å²) in [6, 6.07) is 21.6. The van der Waals surface area contributed by atoms with Crippen molar-refractivity contribution >= 4 is 28.4 Å². The number of carbonyl (C=O) groups excluding carboxylic acids is 3. The first-order valence-corrected chi connectivity index (χ1v) is 11.6. The fourth-order valence-corrected chi connectivity index (χ4v) is 3.91. The molecule has 182 valence electrons. The molecule has 1 aromatic heterocycles. The Kier molecular flexibility index (Phi) is 7.34. The molecule has 2 N–H and O–H groups in total. The van der Waals surface area contributed by atoms with Gasteiger partial charge in [-0.2, -0.15) is 5.10 Å². The van der Waals surface area contributed by atoms with E-state index in [-0.39, 0.29) is 36.4 Å². The smallest absolute Gasteiger partial charge is 0.290 e. The van der Waals surface area contributed by atoms with Gasteiger partial charge in [0.2, 0.25) is 5.91 Å². The predicted octanol–water partition coefficient (Wildman–Crippen LogP) is 3.49. The molecule has 0 atom stereocenters. The number of nitrogens with zero attached hydrogens (tertiary/aromatic N) is 2. The van der Waals surface area contributed by atoms with Crippen LogP contribution in [-0.4, -0.2) is 27.4 Å². The van der Waals surface area contributed by atoms with Crippen molar-refractivity contribution in [1.29, 1.82) is 0 Å². The Hall–Kier alpha value is -4.59. The lowest BCUT2D eigenvalue weighted by molar-refractivity contribution is -0.121. The average Bonchev–Trinajstić information content (AvgIpc) is 2.89. The van der Waals surface area contributed by atoms with Crippen LogP contribution in [0.1, 0.15) is 50.4 Å². The Morgan fingerprint density at radius 1 is 0.833 bits per heavy atom. The number of aryl methyl sites for hydroxylation is 2. The SMILES string of the molecule is Cc1ccc(C)c(C(=O)CCC(=O)NNC(=O)c2nn(Cc3ccccc3)c(=O)c3ccccc23)c1. The molecule has 0 saturated heterocycles. The van der Waals surface area contributed by atoms with Crippen molar-refractivity contribution in [2.45, 2.75) is 33.2 Å². The van der Waals surface area contributed by atoms with Crippen LogP contribution < -0.4 is 16.4 Å². The quantitative estimate of drug-likeness (QED) is 0.310. The molecule has 0 aliphatic rings. The second kappa shape index (κ2) is 10.8. The minimum absolute atomic E-state index is 0.00731. The molecule has 0 aliphatic carbocycles. The number of amides is 2. The molecular formula is C28H26N4O4. The van der Waals surface area contributed by atoms with Gasteiger partial charge in [0, 0.05) is 23.8 Å². The first kappa shape index (κ1) is 24.5. The zero-order valence-corrected chi connectivity index (χ0v) is 20.1. The Morgan fingerprint density at radius 2 is 1.53 bits per heavy atom. The van der Waals surface area contributed by atoms with Crippen LogP contribution in [0.25, 0.3) is 10.8 Å². The van der Waals surface area contributed by atoms with E-state index >= 15 is 0 Å². The summed E-state index contributed by atoms with van der Waals surface area (Å²) in [6.07, 6.45) is -0.0801. The maximum atomic E-state index is 13.0. The fraction of sp³-hybridized carbons (Fsp3) is 0.179. The first-order chi connectivity index (χ1) is 17.3. The van der Waals surface area contributed by atoms with Crippen LogP contribution in [0.5, 0.6) is 0 Å². The number of ketones is 1. The summed E-state index contributed by atoms with van der Waals surface area (Å²) in [5.74, 6) is -1.32. The largest absolute Gasteiger partial charge is 0.294 e. The van der Waals surface area contributed by atoms with Crippen LogP contribution in [0.15, 0.2) is 77.6 Å². The summed E-state index contributed by atoms with van der Waals surface area (Å²) in [5, 5.41) is 5.02. The van der Waals surface area contributed by atoms with Gasteiger partial charge in [-0.1, -0.05) is 66.2 Å². The van der Waals surface area contributed by atoms with E-state index in [4.69, 9.17) is 0 Å². The lowest BCUT2D eigenvalue weighted by atomic mass is 9.99. The van der Waals surface area contributed by atoms with Gasteiger partial charge in [-0.25, -0.2) is 4.68 Å². The third-order valence-electron chi connectivity index (χ3n) is 5.85. The van der Waals surface area contributed by atoms with E-state index in [9.17, 15) is 19.2 Å². The second-order valence-electron chi connectivity index (χ2n) is 8.59. The van der Waals surface area contributed by atoms with E-state index in [0.29, 0.717) is 16.3 Å². The molecule has 3 aromatic carbocycles. The maximum Gasteiger partial charge on any atom is 0.290 e. The van der Waals surface area contributed by atoms with Crippen LogP contribution >= 0.6 is 0 Å². The molecule has 0 saturated carbocycles. The lowest BCUT2D eigenvalue weighted by Gasteiger charge is -2.12. The predicted molar refractivity (Wildman–Crippen MR) is 137 cm³/mol. The lowest BCUT2D eigenvalue weighted by Crippen LogP contribution is -2.43. The number of benzene rings is 3. The van der Waals surface area contributed by atoms with Crippen molar-refractivity contribution in [2.75, 3.05) is 0 Å². The summed E-state index contributed by atoms with van der Waals surface area (Å²) < 4.78 is 1.23. The van der Waals surface area contributed by atoms with Crippen LogP contribution in [0.3, 0.4) is 0 Å². The first-order valence-electron chi connectivity index (χ1n) is 11.6. The molecule has 0 bridgehead atoms. The van der Waals surface area contributed by atoms with Gasteiger partial charge in [0.15, 0.2) is 11.5 Å². The van der Waals surface area contributed by atoms with Gasteiger partial charge in [0.05, 0.1) is 11.9 Å². The van der Waals surface area contributed by atoms with Gasteiger partial charge in [-0.3, -0.25) is 30.0 Å². The van der Waals surface area contributed by atoms with E-state index < -0.39 is 11.8 Å². The van der Waals surface area contributed by atoms with Crippen LogP contribution in [0.4, 0.5) is 0 Å². The highest BCUT2D eigenvalue weighted by atomic mass is 16.2. The molecule has 4 rings (SSSR count). The van der Waals surface area contributed by atoms with E-state index in [1.807, 2.05) is 56.3 Å². The van der Waals surface area contributed by atoms with E-state index in [1.54, 1.807) is 30.3 Å². The second-order valence-corrected chi connectivity index (χ2v) is 8.59. The molecule has 8 nitrogen and oxygen atoms in total. The number of Topliss-reactive ketones (excluding diaryl/α,β-unsaturated/α-hetero) is 1. The van der Waals surface area contributed by atoms with Gasteiger partial charge >= 0.3 is 0 Å². The summed E-state index contributed by atoms with van der Waals surface area (Å²) in [4.78, 5) is 50.8. The van der Waals surface area contributed by atoms with Crippen LogP contribution in [-0.2, 0) is 11.3 Å². The van der Waals surface area contributed by atoms with Crippen molar-refractivity contribution in [2.24, 2.45) is 0 Å². The van der Waals surface area contributed by atoms with Crippen molar-refractivity contribution in [3.05, 3.63) is 111 Å². The number of hydrazine groups is 1. The third-order valence-corrected chi connectivity index (χ3v) is 5.85. The Bertz CT molecular complexity index is 1510. The molecule has 0 fully saturated rings. The van der Waals surface area contributed by atoms with Gasteiger partial charge in [-0.15, -0.1) is 0 Å². The Labute approximate surface area is 207 Å². The van der Waals surface area contributed by atoms with E-state index in [0.717, 1.165) is 16.7 Å². The highest BCUT2D eigenvalue weighted by Gasteiger charge is 2.18. The van der Waals surface area contributed by atoms with Crippen molar-refractivity contribution in [3.63, 3.8) is 0 Å². The highest BCUT2D eigenvalue weighted by molar-refractivity contribution is 6.05. The Morgan fingerprint density at radius 3 is 2.28 bits per heavy atom. The van der Waals surface area contributed by atoms with Crippen LogP contribution in [0, 0.1) is 13.8 Å². The maximum absolute atomic E-state index is 13.0. The van der Waals surface area contributed by atoms with E-state index in [2.05, 4.69) is 16.0 Å². The molecule has 0 aliphatic heterocycles. The summed E-state index contributed by atoms with van der Waals surface area (Å²) in [5.41, 5.74) is 7.65. The standard InChI is InChI=1S/C28H26N4O4/c1-18-12-13-19(2)23(16-18)24(33)14-15-25(34)29-30-27(35)26-21-10-6-7-11-22(21)28(36)32(31-26)17-20-8-4-3-5-9-20/h3-13,16H,14-15,17H2,1-2H3,(H,29,34)(H,30,35). The highest BCUT2D eigenvalue weighted by Crippen LogP contribution is 2.15.